The summed E-state index contributed by atoms with van der Waals surface area (Å²) in [6.07, 6.45) is 4.83. The van der Waals surface area contributed by atoms with Gasteiger partial charge in [-0.05, 0) is 48.9 Å². The molecule has 1 saturated carbocycles. The standard InChI is InChI=1S/C24H25N5O/c1-14-7-8-15(2)17(10-14)21-20-18(11-24(3,4)12-19(20)30)26-23-27-22(28-29(21)23)16-6-5-9-25-13-16/h5-10,13,20-21H,11-12H2,1-4H3. The Morgan fingerprint density at radius 3 is 2.73 bits per heavy atom. The van der Waals surface area contributed by atoms with E-state index >= 15 is 0 Å². The Kier molecular flexibility index (Phi) is 4.20. The van der Waals surface area contributed by atoms with Crippen molar-refractivity contribution >= 4 is 17.4 Å². The van der Waals surface area contributed by atoms with Gasteiger partial charge in [0.25, 0.3) is 0 Å². The van der Waals surface area contributed by atoms with Crippen LogP contribution in [0.1, 0.15) is 49.4 Å². The van der Waals surface area contributed by atoms with Crippen LogP contribution in [-0.2, 0) is 4.79 Å². The lowest BCUT2D eigenvalue weighted by molar-refractivity contribution is -0.124. The van der Waals surface area contributed by atoms with Crippen LogP contribution in [0.4, 0.5) is 5.95 Å². The minimum atomic E-state index is -0.297. The smallest absolute Gasteiger partial charge is 0.248 e. The third-order valence-electron chi connectivity index (χ3n) is 6.13. The summed E-state index contributed by atoms with van der Waals surface area (Å²) in [7, 11) is 0. The molecule has 2 aromatic heterocycles. The molecule has 1 aliphatic carbocycles. The highest BCUT2D eigenvalue weighted by Crippen LogP contribution is 2.45. The molecule has 6 heteroatoms. The van der Waals surface area contributed by atoms with Crippen LogP contribution < -0.4 is 0 Å². The van der Waals surface area contributed by atoms with Crippen molar-refractivity contribution in [1.82, 2.24) is 19.7 Å². The first kappa shape index (κ1) is 18.9. The molecule has 6 nitrogen and oxygen atoms in total. The zero-order chi connectivity index (χ0) is 21.0. The van der Waals surface area contributed by atoms with E-state index in [9.17, 15) is 4.79 Å². The third-order valence-corrected chi connectivity index (χ3v) is 6.13. The lowest BCUT2D eigenvalue weighted by atomic mass is 9.67. The number of aryl methyl sites for hydroxylation is 2. The van der Waals surface area contributed by atoms with Gasteiger partial charge in [-0.1, -0.05) is 37.6 Å². The fourth-order valence-corrected chi connectivity index (χ4v) is 4.75. The molecule has 2 atom stereocenters. The fourth-order valence-electron chi connectivity index (χ4n) is 4.75. The van der Waals surface area contributed by atoms with Gasteiger partial charge in [-0.2, -0.15) is 4.98 Å². The van der Waals surface area contributed by atoms with E-state index < -0.39 is 0 Å². The molecule has 1 fully saturated rings. The molecule has 2 aliphatic rings. The average molecular weight is 399 g/mol. The molecule has 0 amide bonds. The number of aromatic nitrogens is 4. The molecule has 0 N–H and O–H groups in total. The van der Waals surface area contributed by atoms with Gasteiger partial charge >= 0.3 is 0 Å². The molecule has 1 aromatic carbocycles. The molecule has 2 unspecified atom stereocenters. The fraction of sp³-hybridized carbons (Fsp3) is 0.375. The van der Waals surface area contributed by atoms with Crippen LogP contribution in [0.3, 0.4) is 0 Å². The van der Waals surface area contributed by atoms with Gasteiger partial charge in [0, 0.05) is 30.1 Å². The van der Waals surface area contributed by atoms with Crippen LogP contribution in [0.5, 0.6) is 0 Å². The first-order chi connectivity index (χ1) is 14.3. The van der Waals surface area contributed by atoms with Crippen molar-refractivity contribution in [1.29, 1.82) is 0 Å². The average Bonchev–Trinajstić information content (AvgIpc) is 3.12. The Balaban J connectivity index is 1.73. The van der Waals surface area contributed by atoms with E-state index in [0.717, 1.165) is 34.4 Å². The van der Waals surface area contributed by atoms with Gasteiger partial charge < -0.3 is 0 Å². The first-order valence-electron chi connectivity index (χ1n) is 10.4. The molecular formula is C24H25N5O. The van der Waals surface area contributed by atoms with Crippen molar-refractivity contribution in [2.75, 3.05) is 0 Å². The number of Topliss-reactive ketones (excluding diaryl/α,β-unsaturated/α-hetero) is 1. The highest BCUT2D eigenvalue weighted by atomic mass is 16.1. The van der Waals surface area contributed by atoms with Gasteiger partial charge in [0.15, 0.2) is 5.82 Å². The number of pyridine rings is 1. The second-order valence-electron chi connectivity index (χ2n) is 9.29. The predicted molar refractivity (Wildman–Crippen MR) is 116 cm³/mol. The van der Waals surface area contributed by atoms with Gasteiger partial charge in [0.05, 0.1) is 12.0 Å². The predicted octanol–water partition coefficient (Wildman–Crippen LogP) is 4.64. The number of carbonyl (C=O) groups is 1. The Bertz CT molecular complexity index is 1180. The van der Waals surface area contributed by atoms with Crippen LogP contribution in [0.25, 0.3) is 11.4 Å². The van der Waals surface area contributed by atoms with Crippen molar-refractivity contribution in [2.45, 2.75) is 46.6 Å². The molecule has 0 saturated heterocycles. The Labute approximate surface area is 176 Å². The highest BCUT2D eigenvalue weighted by molar-refractivity contribution is 6.10. The molecule has 0 spiro atoms. The summed E-state index contributed by atoms with van der Waals surface area (Å²) < 4.78 is 1.86. The third kappa shape index (κ3) is 3.07. The Morgan fingerprint density at radius 2 is 1.97 bits per heavy atom. The summed E-state index contributed by atoms with van der Waals surface area (Å²) in [5.74, 6) is 1.09. The number of aliphatic imine (C=N–C) groups is 1. The molecule has 3 aromatic rings. The summed E-state index contributed by atoms with van der Waals surface area (Å²) in [6, 6.07) is 9.97. The molecule has 1 aliphatic heterocycles. The second kappa shape index (κ2) is 6.69. The normalized spacial score (nSPS) is 22.3. The largest absolute Gasteiger partial charge is 0.299 e. The van der Waals surface area contributed by atoms with E-state index in [2.05, 4.69) is 50.9 Å². The summed E-state index contributed by atoms with van der Waals surface area (Å²) in [6.45, 7) is 8.44. The zero-order valence-electron chi connectivity index (χ0n) is 17.8. The van der Waals surface area contributed by atoms with Gasteiger partial charge in [0.2, 0.25) is 5.95 Å². The van der Waals surface area contributed by atoms with E-state index in [4.69, 9.17) is 15.1 Å². The lowest BCUT2D eigenvalue weighted by Gasteiger charge is -2.40. The molecular weight excluding hydrogens is 374 g/mol. The maximum atomic E-state index is 13.4. The van der Waals surface area contributed by atoms with E-state index in [0.29, 0.717) is 18.2 Å². The number of carbonyl (C=O) groups excluding carboxylic acids is 1. The number of nitrogens with zero attached hydrogens (tertiary/aromatic N) is 5. The summed E-state index contributed by atoms with van der Waals surface area (Å²) in [4.78, 5) is 27.1. The topological polar surface area (TPSA) is 73.0 Å². The van der Waals surface area contributed by atoms with Gasteiger partial charge in [-0.15, -0.1) is 5.10 Å². The second-order valence-corrected chi connectivity index (χ2v) is 9.29. The summed E-state index contributed by atoms with van der Waals surface area (Å²) in [5, 5.41) is 4.82. The van der Waals surface area contributed by atoms with E-state index in [1.54, 1.807) is 12.4 Å². The number of hydrogen-bond acceptors (Lipinski definition) is 5. The maximum absolute atomic E-state index is 13.4. The molecule has 0 bridgehead atoms. The molecule has 30 heavy (non-hydrogen) atoms. The zero-order valence-corrected chi connectivity index (χ0v) is 17.8. The maximum Gasteiger partial charge on any atom is 0.248 e. The number of hydrogen-bond donors (Lipinski definition) is 0. The van der Waals surface area contributed by atoms with E-state index in [1.807, 2.05) is 16.8 Å². The Morgan fingerprint density at radius 1 is 1.13 bits per heavy atom. The van der Waals surface area contributed by atoms with Gasteiger partial charge in [-0.3, -0.25) is 9.78 Å². The van der Waals surface area contributed by atoms with Crippen molar-refractivity contribution in [2.24, 2.45) is 16.3 Å². The summed E-state index contributed by atoms with van der Waals surface area (Å²) in [5.41, 5.74) is 5.11. The van der Waals surface area contributed by atoms with Crippen LogP contribution >= 0.6 is 0 Å². The Hall–Kier alpha value is -3.15. The van der Waals surface area contributed by atoms with Gasteiger partial charge in [-0.25, -0.2) is 9.67 Å². The molecule has 3 heterocycles. The van der Waals surface area contributed by atoms with Crippen molar-refractivity contribution in [3.05, 3.63) is 59.4 Å². The minimum absolute atomic E-state index is 0.0903. The minimum Gasteiger partial charge on any atom is -0.299 e. The van der Waals surface area contributed by atoms with Crippen molar-refractivity contribution in [3.8, 4) is 11.4 Å². The van der Waals surface area contributed by atoms with Crippen LogP contribution in [0.2, 0.25) is 0 Å². The number of ketones is 1. The van der Waals surface area contributed by atoms with Gasteiger partial charge in [0.1, 0.15) is 5.78 Å². The quantitative estimate of drug-likeness (QED) is 0.629. The summed E-state index contributed by atoms with van der Waals surface area (Å²) >= 11 is 0. The number of fused-ring (bicyclic) bond motifs is 2. The number of rotatable bonds is 2. The van der Waals surface area contributed by atoms with Crippen LogP contribution in [-0.4, -0.2) is 31.2 Å². The van der Waals surface area contributed by atoms with Crippen LogP contribution in [0.15, 0.2) is 47.7 Å². The monoisotopic (exact) mass is 399 g/mol. The van der Waals surface area contributed by atoms with Crippen molar-refractivity contribution in [3.63, 3.8) is 0 Å². The SMILES string of the molecule is Cc1ccc(C)c(C2C3C(=O)CC(C)(C)CC3=Nc3nc(-c4cccnc4)nn32)c1. The van der Waals surface area contributed by atoms with Crippen molar-refractivity contribution < 1.29 is 4.79 Å². The highest BCUT2D eigenvalue weighted by Gasteiger charge is 2.47. The van der Waals surface area contributed by atoms with Crippen LogP contribution in [0, 0.1) is 25.2 Å². The lowest BCUT2D eigenvalue weighted by Crippen LogP contribution is -2.44. The first-order valence-corrected chi connectivity index (χ1v) is 10.4. The molecule has 152 valence electrons. The van der Waals surface area contributed by atoms with E-state index in [-0.39, 0.29) is 23.2 Å². The molecule has 5 rings (SSSR count). The number of benzene rings is 1. The molecule has 0 radical (unpaired) electrons. The van der Waals surface area contributed by atoms with E-state index in [1.165, 1.54) is 0 Å².